The molecular formula is C27H33ClN2O3. The van der Waals surface area contributed by atoms with Crippen LogP contribution in [0, 0.1) is 5.92 Å². The highest BCUT2D eigenvalue weighted by atomic mass is 35.5. The van der Waals surface area contributed by atoms with Crippen LogP contribution >= 0.6 is 11.6 Å². The predicted molar refractivity (Wildman–Crippen MR) is 133 cm³/mol. The first-order chi connectivity index (χ1) is 15.8. The number of rotatable bonds is 8. The van der Waals surface area contributed by atoms with Crippen molar-refractivity contribution in [1.29, 1.82) is 0 Å². The summed E-state index contributed by atoms with van der Waals surface area (Å²) in [4.78, 5) is 14.1. The summed E-state index contributed by atoms with van der Waals surface area (Å²) in [5.41, 5.74) is 6.51. The Morgan fingerprint density at radius 1 is 1.18 bits per heavy atom. The van der Waals surface area contributed by atoms with Crippen LogP contribution in [0.3, 0.4) is 0 Å². The lowest BCUT2D eigenvalue weighted by atomic mass is 9.85. The Morgan fingerprint density at radius 2 is 1.97 bits per heavy atom. The molecule has 0 radical (unpaired) electrons. The van der Waals surface area contributed by atoms with E-state index in [9.17, 15) is 4.79 Å². The highest BCUT2D eigenvalue weighted by Crippen LogP contribution is 2.35. The Kier molecular flexibility index (Phi) is 7.30. The van der Waals surface area contributed by atoms with Crippen LogP contribution in [0.1, 0.15) is 43.9 Å². The van der Waals surface area contributed by atoms with Gasteiger partial charge in [-0.2, -0.15) is 0 Å². The highest BCUT2D eigenvalue weighted by molar-refractivity contribution is 6.32. The molecule has 1 amide bonds. The molecule has 1 N–H and O–H groups in total. The van der Waals surface area contributed by atoms with Crippen molar-refractivity contribution in [2.45, 2.75) is 46.3 Å². The number of carbonyl (C=O) groups excluding carboxylic acids is 1. The molecule has 1 saturated heterocycles. The highest BCUT2D eigenvalue weighted by Gasteiger charge is 2.32. The van der Waals surface area contributed by atoms with Crippen molar-refractivity contribution in [1.82, 2.24) is 10.2 Å². The fourth-order valence-electron chi connectivity index (χ4n) is 4.58. The third-order valence-electron chi connectivity index (χ3n) is 6.46. The minimum Gasteiger partial charge on any atom is -0.489 e. The van der Waals surface area contributed by atoms with Gasteiger partial charge in [0.2, 0.25) is 5.91 Å². The molecule has 2 aromatic rings. The van der Waals surface area contributed by atoms with Gasteiger partial charge in [0.15, 0.2) is 0 Å². The van der Waals surface area contributed by atoms with Crippen molar-refractivity contribution in [2.75, 3.05) is 26.7 Å². The van der Waals surface area contributed by atoms with Crippen molar-refractivity contribution in [3.05, 3.63) is 63.7 Å². The summed E-state index contributed by atoms with van der Waals surface area (Å²) in [7, 11) is 1.71. The van der Waals surface area contributed by atoms with Crippen molar-refractivity contribution >= 4 is 23.1 Å². The molecule has 1 fully saturated rings. The van der Waals surface area contributed by atoms with Crippen LogP contribution < -0.4 is 14.8 Å². The summed E-state index contributed by atoms with van der Waals surface area (Å²) in [5, 5.41) is 3.36. The van der Waals surface area contributed by atoms with Crippen LogP contribution in [0.4, 0.5) is 0 Å². The number of nitrogens with one attached hydrogen (secondary N) is 1. The first-order valence-corrected chi connectivity index (χ1v) is 12.1. The normalized spacial score (nSPS) is 16.4. The van der Waals surface area contributed by atoms with E-state index in [1.165, 1.54) is 22.3 Å². The Balaban J connectivity index is 1.38. The fraction of sp³-hybridized carbons (Fsp3) is 0.444. The molecule has 6 heteroatoms. The number of hydrogen-bond donors (Lipinski definition) is 1. The molecule has 2 aliphatic rings. The SMILES string of the molecule is CNC(=O)C1CN(CC2=C(C)c3ccc(OCc4ccc(Cl)c(OC(C)C)c4)cc3CC2)C1. The number of ether oxygens (including phenoxy) is 2. The summed E-state index contributed by atoms with van der Waals surface area (Å²) >= 11 is 6.24. The van der Waals surface area contributed by atoms with Crippen LogP contribution in [-0.4, -0.2) is 43.6 Å². The number of allylic oxidation sites excluding steroid dienone is 1. The van der Waals surface area contributed by atoms with Crippen molar-refractivity contribution < 1.29 is 14.3 Å². The second-order valence-electron chi connectivity index (χ2n) is 9.27. The van der Waals surface area contributed by atoms with Gasteiger partial charge in [0.1, 0.15) is 18.1 Å². The van der Waals surface area contributed by atoms with Gasteiger partial charge < -0.3 is 14.8 Å². The van der Waals surface area contributed by atoms with Gasteiger partial charge in [0, 0.05) is 26.7 Å². The van der Waals surface area contributed by atoms with Crippen LogP contribution in [0.5, 0.6) is 11.5 Å². The zero-order valence-electron chi connectivity index (χ0n) is 19.9. The lowest BCUT2D eigenvalue weighted by molar-refractivity contribution is -0.129. The van der Waals surface area contributed by atoms with E-state index in [2.05, 4.69) is 35.3 Å². The first kappa shape index (κ1) is 23.7. The largest absolute Gasteiger partial charge is 0.489 e. The van der Waals surface area contributed by atoms with Crippen LogP contribution in [0.25, 0.3) is 5.57 Å². The van der Waals surface area contributed by atoms with Gasteiger partial charge in [-0.25, -0.2) is 0 Å². The predicted octanol–water partition coefficient (Wildman–Crippen LogP) is 5.10. The van der Waals surface area contributed by atoms with Gasteiger partial charge in [-0.05, 0) is 80.1 Å². The van der Waals surface area contributed by atoms with E-state index in [0.29, 0.717) is 17.4 Å². The maximum atomic E-state index is 11.7. The van der Waals surface area contributed by atoms with Gasteiger partial charge in [-0.1, -0.05) is 29.3 Å². The second-order valence-corrected chi connectivity index (χ2v) is 9.68. The van der Waals surface area contributed by atoms with Crippen molar-refractivity contribution in [3.8, 4) is 11.5 Å². The molecule has 33 heavy (non-hydrogen) atoms. The fourth-order valence-corrected chi connectivity index (χ4v) is 4.74. The topological polar surface area (TPSA) is 50.8 Å². The number of nitrogens with zero attached hydrogens (tertiary/aromatic N) is 1. The van der Waals surface area contributed by atoms with E-state index >= 15 is 0 Å². The average Bonchev–Trinajstić information content (AvgIpc) is 2.77. The maximum Gasteiger partial charge on any atom is 0.225 e. The van der Waals surface area contributed by atoms with Crippen molar-refractivity contribution in [2.24, 2.45) is 5.92 Å². The molecular weight excluding hydrogens is 436 g/mol. The summed E-state index contributed by atoms with van der Waals surface area (Å²) in [6.07, 6.45) is 2.13. The van der Waals surface area contributed by atoms with Gasteiger partial charge in [0.05, 0.1) is 17.0 Å². The molecule has 2 aromatic carbocycles. The van der Waals surface area contributed by atoms with E-state index in [1.54, 1.807) is 7.05 Å². The Bertz CT molecular complexity index is 1060. The van der Waals surface area contributed by atoms with Gasteiger partial charge in [-0.15, -0.1) is 0 Å². The molecule has 0 bridgehead atoms. The molecule has 176 valence electrons. The number of hydrogen-bond acceptors (Lipinski definition) is 4. The molecule has 1 aliphatic carbocycles. The van der Waals surface area contributed by atoms with E-state index < -0.39 is 0 Å². The van der Waals surface area contributed by atoms with Gasteiger partial charge in [0.25, 0.3) is 0 Å². The Hall–Kier alpha value is -2.50. The Morgan fingerprint density at radius 3 is 2.70 bits per heavy atom. The van der Waals surface area contributed by atoms with Crippen LogP contribution in [0.2, 0.25) is 5.02 Å². The number of carbonyl (C=O) groups is 1. The molecule has 0 spiro atoms. The summed E-state index contributed by atoms with van der Waals surface area (Å²) in [6.45, 7) is 9.31. The molecule has 0 unspecified atom stereocenters. The van der Waals surface area contributed by atoms with E-state index in [4.69, 9.17) is 21.1 Å². The molecule has 4 rings (SSSR count). The van der Waals surface area contributed by atoms with E-state index in [1.807, 2.05) is 32.0 Å². The van der Waals surface area contributed by atoms with Crippen molar-refractivity contribution in [3.63, 3.8) is 0 Å². The first-order valence-electron chi connectivity index (χ1n) is 11.7. The van der Waals surface area contributed by atoms with E-state index in [0.717, 1.165) is 43.8 Å². The lowest BCUT2D eigenvalue weighted by Gasteiger charge is -2.39. The zero-order chi connectivity index (χ0) is 23.5. The molecule has 1 aliphatic heterocycles. The standard InChI is InChI=1S/C27H33ClN2O3/c1-17(2)33-26-11-19(5-10-25(26)28)16-32-23-8-9-24-18(3)21(7-6-20(24)12-23)13-30-14-22(15-30)27(31)29-4/h5,8-12,17,22H,6-7,13-16H2,1-4H3,(H,29,31). The third-order valence-corrected chi connectivity index (χ3v) is 6.77. The van der Waals surface area contributed by atoms with Crippen LogP contribution in [-0.2, 0) is 17.8 Å². The summed E-state index contributed by atoms with van der Waals surface area (Å²) < 4.78 is 11.9. The molecule has 0 aromatic heterocycles. The van der Waals surface area contributed by atoms with E-state index in [-0.39, 0.29) is 17.9 Å². The molecule has 0 atom stereocenters. The Labute approximate surface area is 201 Å². The number of amides is 1. The minimum absolute atomic E-state index is 0.0684. The number of likely N-dealkylation sites (tertiary alicyclic amines) is 1. The third kappa shape index (κ3) is 5.53. The van der Waals surface area contributed by atoms with Crippen LogP contribution in [0.15, 0.2) is 42.0 Å². The second kappa shape index (κ2) is 10.2. The number of aryl methyl sites for hydroxylation is 1. The monoisotopic (exact) mass is 468 g/mol. The zero-order valence-corrected chi connectivity index (χ0v) is 20.7. The number of benzene rings is 2. The van der Waals surface area contributed by atoms with Gasteiger partial charge in [-0.3, -0.25) is 9.69 Å². The number of halogens is 1. The minimum atomic E-state index is 0.0684. The smallest absolute Gasteiger partial charge is 0.225 e. The average molecular weight is 469 g/mol. The lowest BCUT2D eigenvalue weighted by Crippen LogP contribution is -2.53. The quantitative estimate of drug-likeness (QED) is 0.585. The molecule has 1 heterocycles. The molecule has 5 nitrogen and oxygen atoms in total. The number of fused-ring (bicyclic) bond motifs is 1. The summed E-state index contributed by atoms with van der Waals surface area (Å²) in [6, 6.07) is 12.2. The summed E-state index contributed by atoms with van der Waals surface area (Å²) in [5.74, 6) is 1.86. The maximum absolute atomic E-state index is 11.7. The molecule has 0 saturated carbocycles. The van der Waals surface area contributed by atoms with Gasteiger partial charge >= 0.3 is 0 Å².